The third kappa shape index (κ3) is 3.61. The molecule has 0 aliphatic rings. The largest absolute Gasteiger partial charge is 0.507 e. The summed E-state index contributed by atoms with van der Waals surface area (Å²) in [6.07, 6.45) is 0. The molecule has 1 heterocycles. The lowest BCUT2D eigenvalue weighted by Crippen LogP contribution is -2.22. The van der Waals surface area contributed by atoms with E-state index in [1.54, 1.807) is 17.5 Å². The van der Waals surface area contributed by atoms with Crippen LogP contribution in [0.25, 0.3) is 0 Å². The second-order valence-electron chi connectivity index (χ2n) is 4.17. The number of primary amides is 1. The van der Waals surface area contributed by atoms with Gasteiger partial charge in [-0.25, -0.2) is 4.79 Å². The van der Waals surface area contributed by atoms with Gasteiger partial charge in [-0.2, -0.15) is 0 Å². The zero-order valence-electron chi connectivity index (χ0n) is 11.2. The molecule has 0 saturated carbocycles. The highest BCUT2D eigenvalue weighted by Crippen LogP contribution is 2.22. The molecular formula is C14H12N2O5S. The number of aromatic hydroxyl groups is 1. The van der Waals surface area contributed by atoms with Crippen molar-refractivity contribution in [2.24, 2.45) is 5.73 Å². The predicted octanol–water partition coefficient (Wildman–Crippen LogP) is 1.35. The van der Waals surface area contributed by atoms with Gasteiger partial charge in [0.25, 0.3) is 11.8 Å². The minimum Gasteiger partial charge on any atom is -0.507 e. The van der Waals surface area contributed by atoms with E-state index in [2.05, 4.69) is 5.32 Å². The SMILES string of the molecule is NC(=O)c1ccsc1NC(=O)COC(=O)c1ccccc1O. The molecule has 0 radical (unpaired) electrons. The summed E-state index contributed by atoms with van der Waals surface area (Å²) in [5.74, 6) is -2.34. The number of phenolic OH excluding ortho intramolecular Hbond substituents is 1. The molecule has 2 amide bonds. The fourth-order valence-corrected chi connectivity index (χ4v) is 2.43. The van der Waals surface area contributed by atoms with Crippen LogP contribution in [-0.4, -0.2) is 29.5 Å². The van der Waals surface area contributed by atoms with E-state index in [9.17, 15) is 19.5 Å². The van der Waals surface area contributed by atoms with Gasteiger partial charge in [-0.1, -0.05) is 12.1 Å². The first-order chi connectivity index (χ1) is 10.5. The number of hydrogen-bond donors (Lipinski definition) is 3. The molecule has 8 heteroatoms. The average Bonchev–Trinajstić information content (AvgIpc) is 2.93. The van der Waals surface area contributed by atoms with Crippen molar-refractivity contribution in [1.82, 2.24) is 0 Å². The standard InChI is InChI=1S/C14H12N2O5S/c15-12(19)9-5-6-22-13(9)16-11(18)7-21-14(20)8-3-1-2-4-10(8)17/h1-6,17H,7H2,(H2,15,19)(H,16,18). The Balaban J connectivity index is 1.93. The number of thiophene rings is 1. The first-order valence-corrected chi connectivity index (χ1v) is 6.99. The van der Waals surface area contributed by atoms with Gasteiger partial charge in [0.05, 0.1) is 5.56 Å². The fourth-order valence-electron chi connectivity index (χ4n) is 1.62. The lowest BCUT2D eigenvalue weighted by molar-refractivity contribution is -0.119. The van der Waals surface area contributed by atoms with Gasteiger partial charge in [-0.05, 0) is 23.6 Å². The highest BCUT2D eigenvalue weighted by atomic mass is 32.1. The van der Waals surface area contributed by atoms with Gasteiger partial charge in [0.2, 0.25) is 0 Å². The third-order valence-corrected chi connectivity index (χ3v) is 3.47. The maximum Gasteiger partial charge on any atom is 0.342 e. The number of carbonyl (C=O) groups is 3. The number of nitrogens with two attached hydrogens (primary N) is 1. The van der Waals surface area contributed by atoms with Crippen LogP contribution >= 0.6 is 11.3 Å². The van der Waals surface area contributed by atoms with Crippen molar-refractivity contribution in [3.05, 3.63) is 46.8 Å². The predicted molar refractivity (Wildman–Crippen MR) is 79.9 cm³/mol. The van der Waals surface area contributed by atoms with Gasteiger partial charge in [0, 0.05) is 0 Å². The molecule has 4 N–H and O–H groups in total. The Kier molecular flexibility index (Phi) is 4.74. The average molecular weight is 320 g/mol. The molecule has 0 fully saturated rings. The molecule has 0 spiro atoms. The summed E-state index contributed by atoms with van der Waals surface area (Å²) < 4.78 is 4.80. The molecule has 0 aliphatic heterocycles. The van der Waals surface area contributed by atoms with Crippen molar-refractivity contribution in [2.75, 3.05) is 11.9 Å². The van der Waals surface area contributed by atoms with E-state index >= 15 is 0 Å². The van der Waals surface area contributed by atoms with Crippen molar-refractivity contribution in [3.8, 4) is 5.75 Å². The van der Waals surface area contributed by atoms with Crippen LogP contribution < -0.4 is 11.1 Å². The summed E-state index contributed by atoms with van der Waals surface area (Å²) in [5.41, 5.74) is 5.30. The van der Waals surface area contributed by atoms with E-state index in [0.29, 0.717) is 0 Å². The van der Waals surface area contributed by atoms with Crippen LogP contribution in [0.3, 0.4) is 0 Å². The lowest BCUT2D eigenvalue weighted by atomic mass is 10.2. The van der Waals surface area contributed by atoms with E-state index in [0.717, 1.165) is 11.3 Å². The number of anilines is 1. The molecule has 2 aromatic rings. The van der Waals surface area contributed by atoms with Crippen LogP contribution in [0, 0.1) is 0 Å². The van der Waals surface area contributed by atoms with Gasteiger partial charge in [0.15, 0.2) is 6.61 Å². The Morgan fingerprint density at radius 2 is 1.91 bits per heavy atom. The van der Waals surface area contributed by atoms with Crippen LogP contribution in [0.2, 0.25) is 0 Å². The van der Waals surface area contributed by atoms with Crippen molar-refractivity contribution in [1.29, 1.82) is 0 Å². The zero-order valence-corrected chi connectivity index (χ0v) is 12.1. The van der Waals surface area contributed by atoms with E-state index in [-0.39, 0.29) is 21.9 Å². The Hall–Kier alpha value is -2.87. The van der Waals surface area contributed by atoms with E-state index in [1.165, 1.54) is 18.2 Å². The summed E-state index contributed by atoms with van der Waals surface area (Å²) in [5, 5.41) is 13.8. The molecule has 0 aliphatic carbocycles. The second-order valence-corrected chi connectivity index (χ2v) is 5.09. The van der Waals surface area contributed by atoms with E-state index in [1.807, 2.05) is 0 Å². The maximum absolute atomic E-state index is 11.7. The summed E-state index contributed by atoms with van der Waals surface area (Å²) in [6.45, 7) is -0.552. The smallest absolute Gasteiger partial charge is 0.342 e. The zero-order chi connectivity index (χ0) is 16.1. The Labute approximate surface area is 129 Å². The highest BCUT2D eigenvalue weighted by Gasteiger charge is 2.16. The number of esters is 1. The molecule has 0 atom stereocenters. The first kappa shape index (κ1) is 15.5. The van der Waals surface area contributed by atoms with Crippen LogP contribution in [0.4, 0.5) is 5.00 Å². The molecule has 1 aromatic carbocycles. The molecule has 1 aromatic heterocycles. The molecule has 0 saturated heterocycles. The van der Waals surface area contributed by atoms with Crippen LogP contribution in [-0.2, 0) is 9.53 Å². The van der Waals surface area contributed by atoms with Crippen LogP contribution in [0.1, 0.15) is 20.7 Å². The number of nitrogens with one attached hydrogen (secondary N) is 1. The van der Waals surface area contributed by atoms with Gasteiger partial charge in [-0.15, -0.1) is 11.3 Å². The van der Waals surface area contributed by atoms with E-state index in [4.69, 9.17) is 10.5 Å². The fraction of sp³-hybridized carbons (Fsp3) is 0.0714. The highest BCUT2D eigenvalue weighted by molar-refractivity contribution is 7.14. The molecule has 2 rings (SSSR count). The Morgan fingerprint density at radius 3 is 2.59 bits per heavy atom. The van der Waals surface area contributed by atoms with Crippen molar-refractivity contribution in [3.63, 3.8) is 0 Å². The van der Waals surface area contributed by atoms with Gasteiger partial charge in [-0.3, -0.25) is 9.59 Å². The van der Waals surface area contributed by atoms with E-state index < -0.39 is 24.4 Å². The molecule has 114 valence electrons. The number of hydrogen-bond acceptors (Lipinski definition) is 6. The molecular weight excluding hydrogens is 308 g/mol. The maximum atomic E-state index is 11.7. The molecule has 0 bridgehead atoms. The lowest BCUT2D eigenvalue weighted by Gasteiger charge is -2.07. The van der Waals surface area contributed by atoms with Gasteiger partial charge in [0.1, 0.15) is 16.3 Å². The van der Waals surface area contributed by atoms with Crippen LogP contribution in [0.15, 0.2) is 35.7 Å². The van der Waals surface area contributed by atoms with Crippen molar-refractivity contribution in [2.45, 2.75) is 0 Å². The number of phenols is 1. The molecule has 0 unspecified atom stereocenters. The normalized spacial score (nSPS) is 10.0. The quantitative estimate of drug-likeness (QED) is 0.718. The number of ether oxygens (including phenoxy) is 1. The summed E-state index contributed by atoms with van der Waals surface area (Å²) in [4.78, 5) is 34.5. The first-order valence-electron chi connectivity index (χ1n) is 6.11. The second kappa shape index (κ2) is 6.72. The summed E-state index contributed by atoms with van der Waals surface area (Å²) >= 11 is 1.13. The number of amides is 2. The van der Waals surface area contributed by atoms with Gasteiger partial charge < -0.3 is 20.9 Å². The van der Waals surface area contributed by atoms with Crippen LogP contribution in [0.5, 0.6) is 5.75 Å². The number of para-hydroxylation sites is 1. The monoisotopic (exact) mass is 320 g/mol. The summed E-state index contributed by atoms with van der Waals surface area (Å²) in [7, 11) is 0. The summed E-state index contributed by atoms with van der Waals surface area (Å²) in [6, 6.07) is 7.31. The number of benzene rings is 1. The van der Waals surface area contributed by atoms with Crippen molar-refractivity contribution >= 4 is 34.1 Å². The molecule has 7 nitrogen and oxygen atoms in total. The Bertz CT molecular complexity index is 726. The minimum atomic E-state index is -0.824. The Morgan fingerprint density at radius 1 is 1.18 bits per heavy atom. The topological polar surface area (TPSA) is 119 Å². The van der Waals surface area contributed by atoms with Gasteiger partial charge >= 0.3 is 5.97 Å². The third-order valence-electron chi connectivity index (χ3n) is 2.64. The molecule has 22 heavy (non-hydrogen) atoms. The van der Waals surface area contributed by atoms with Crippen molar-refractivity contribution < 1.29 is 24.2 Å². The minimum absolute atomic E-state index is 0.0377. The number of carbonyl (C=O) groups excluding carboxylic acids is 3. The number of rotatable bonds is 5.